The smallest absolute Gasteiger partial charge is 0.0947 e. The van der Waals surface area contributed by atoms with E-state index in [9.17, 15) is 0 Å². The molecule has 4 nitrogen and oxygen atoms in total. The second-order valence-electron chi connectivity index (χ2n) is 6.27. The third kappa shape index (κ3) is 3.27. The largest absolute Gasteiger partial charge is 0.313 e. The van der Waals surface area contributed by atoms with Gasteiger partial charge in [0.2, 0.25) is 0 Å². The minimum absolute atomic E-state index is 0.119. The van der Waals surface area contributed by atoms with E-state index in [1.807, 2.05) is 18.8 Å². The van der Waals surface area contributed by atoms with Crippen LogP contribution < -0.4 is 5.32 Å². The third-order valence-corrected chi connectivity index (χ3v) is 4.35. The second kappa shape index (κ2) is 5.66. The standard InChI is InChI=1S/C15H24N4S/c1-10-11(8-19(6)18-10)12(16-5)7-14-17-13(9-20-14)15(2,3)4/h8-9,12,16H,7H2,1-6H3. The van der Waals surface area contributed by atoms with Gasteiger partial charge in [0.25, 0.3) is 0 Å². The number of rotatable bonds is 4. The third-order valence-electron chi connectivity index (χ3n) is 3.47. The van der Waals surface area contributed by atoms with Crippen molar-refractivity contribution in [1.82, 2.24) is 20.1 Å². The lowest BCUT2D eigenvalue weighted by atomic mass is 9.93. The Morgan fingerprint density at radius 2 is 2.10 bits per heavy atom. The highest BCUT2D eigenvalue weighted by molar-refractivity contribution is 7.09. The number of nitrogens with one attached hydrogen (secondary N) is 1. The monoisotopic (exact) mass is 292 g/mol. The molecular formula is C15H24N4S. The van der Waals surface area contributed by atoms with Crippen molar-refractivity contribution in [2.24, 2.45) is 7.05 Å². The van der Waals surface area contributed by atoms with E-state index in [0.29, 0.717) is 0 Å². The summed E-state index contributed by atoms with van der Waals surface area (Å²) in [6.45, 7) is 8.66. The number of likely N-dealkylation sites (N-methyl/N-ethyl adjacent to an activating group) is 1. The highest BCUT2D eigenvalue weighted by atomic mass is 32.1. The molecule has 0 radical (unpaired) electrons. The van der Waals surface area contributed by atoms with E-state index in [-0.39, 0.29) is 11.5 Å². The van der Waals surface area contributed by atoms with Crippen LogP contribution in [0.25, 0.3) is 0 Å². The molecule has 1 unspecified atom stereocenters. The van der Waals surface area contributed by atoms with Crippen molar-refractivity contribution in [3.63, 3.8) is 0 Å². The number of nitrogens with zero attached hydrogens (tertiary/aromatic N) is 3. The Kier molecular flexibility index (Phi) is 4.30. The molecule has 0 saturated carbocycles. The molecule has 1 atom stereocenters. The second-order valence-corrected chi connectivity index (χ2v) is 7.21. The molecule has 0 fully saturated rings. The molecule has 5 heteroatoms. The van der Waals surface area contributed by atoms with Crippen LogP contribution in [0.5, 0.6) is 0 Å². The summed E-state index contributed by atoms with van der Waals surface area (Å²) in [6.07, 6.45) is 3.00. The van der Waals surface area contributed by atoms with Gasteiger partial charge in [-0.05, 0) is 14.0 Å². The summed E-state index contributed by atoms with van der Waals surface area (Å²) >= 11 is 1.75. The van der Waals surface area contributed by atoms with Crippen LogP contribution in [0, 0.1) is 6.92 Å². The predicted octanol–water partition coefficient (Wildman–Crippen LogP) is 2.99. The lowest BCUT2D eigenvalue weighted by molar-refractivity contribution is 0.559. The summed E-state index contributed by atoms with van der Waals surface area (Å²) < 4.78 is 1.87. The summed E-state index contributed by atoms with van der Waals surface area (Å²) in [5.74, 6) is 0. The van der Waals surface area contributed by atoms with E-state index < -0.39 is 0 Å². The van der Waals surface area contributed by atoms with Crippen molar-refractivity contribution < 1.29 is 0 Å². The summed E-state index contributed by atoms with van der Waals surface area (Å²) in [5, 5.41) is 11.2. The van der Waals surface area contributed by atoms with Crippen LogP contribution in [0.2, 0.25) is 0 Å². The highest BCUT2D eigenvalue weighted by Crippen LogP contribution is 2.27. The van der Waals surface area contributed by atoms with Gasteiger partial charge in [-0.15, -0.1) is 11.3 Å². The van der Waals surface area contributed by atoms with Crippen LogP contribution in [-0.2, 0) is 18.9 Å². The van der Waals surface area contributed by atoms with Crippen molar-refractivity contribution in [2.75, 3.05) is 7.05 Å². The molecule has 1 N–H and O–H groups in total. The Morgan fingerprint density at radius 3 is 2.55 bits per heavy atom. The number of thiazole rings is 1. The number of hydrogen-bond acceptors (Lipinski definition) is 4. The molecule has 0 saturated heterocycles. The van der Waals surface area contributed by atoms with E-state index in [4.69, 9.17) is 4.98 Å². The van der Waals surface area contributed by atoms with Crippen molar-refractivity contribution in [3.05, 3.63) is 33.5 Å². The molecule has 2 rings (SSSR count). The molecule has 20 heavy (non-hydrogen) atoms. The lowest BCUT2D eigenvalue weighted by Gasteiger charge is -2.15. The topological polar surface area (TPSA) is 42.7 Å². The summed E-state index contributed by atoms with van der Waals surface area (Å²) in [5.41, 5.74) is 3.63. The quantitative estimate of drug-likeness (QED) is 0.942. The van der Waals surface area contributed by atoms with Gasteiger partial charge >= 0.3 is 0 Å². The van der Waals surface area contributed by atoms with Gasteiger partial charge in [-0.25, -0.2) is 4.98 Å². The normalized spacial score (nSPS) is 13.7. The van der Waals surface area contributed by atoms with Crippen molar-refractivity contribution >= 4 is 11.3 Å². The summed E-state index contributed by atoms with van der Waals surface area (Å²) in [6, 6.07) is 0.266. The zero-order valence-electron chi connectivity index (χ0n) is 13.2. The molecule has 0 bridgehead atoms. The van der Waals surface area contributed by atoms with E-state index in [0.717, 1.165) is 12.1 Å². The van der Waals surface area contributed by atoms with Gasteiger partial charge in [0, 0.05) is 42.1 Å². The molecule has 2 aromatic rings. The van der Waals surface area contributed by atoms with E-state index in [1.165, 1.54) is 16.3 Å². The fourth-order valence-electron chi connectivity index (χ4n) is 2.25. The first-order chi connectivity index (χ1) is 9.31. The van der Waals surface area contributed by atoms with Gasteiger partial charge in [0.1, 0.15) is 0 Å². The molecule has 0 aliphatic heterocycles. The van der Waals surface area contributed by atoms with E-state index >= 15 is 0 Å². The minimum Gasteiger partial charge on any atom is -0.313 e. The zero-order valence-corrected chi connectivity index (χ0v) is 14.0. The summed E-state index contributed by atoms with van der Waals surface area (Å²) in [4.78, 5) is 4.78. The van der Waals surface area contributed by atoms with Crippen molar-refractivity contribution in [2.45, 2.75) is 45.6 Å². The van der Waals surface area contributed by atoms with Gasteiger partial charge in [0.15, 0.2) is 0 Å². The first-order valence-corrected chi connectivity index (χ1v) is 7.81. The molecule has 0 amide bonds. The van der Waals surface area contributed by atoms with Gasteiger partial charge < -0.3 is 5.32 Å². The maximum absolute atomic E-state index is 4.78. The first kappa shape index (κ1) is 15.2. The highest BCUT2D eigenvalue weighted by Gasteiger charge is 2.20. The van der Waals surface area contributed by atoms with Crippen LogP contribution in [0.3, 0.4) is 0 Å². The molecule has 2 heterocycles. The Bertz CT molecular complexity index is 577. The fraction of sp³-hybridized carbons (Fsp3) is 0.600. The van der Waals surface area contributed by atoms with Crippen molar-refractivity contribution in [1.29, 1.82) is 0 Å². The maximum atomic E-state index is 4.78. The minimum atomic E-state index is 0.119. The first-order valence-electron chi connectivity index (χ1n) is 6.93. The zero-order chi connectivity index (χ0) is 14.9. The number of aryl methyl sites for hydroxylation is 2. The predicted molar refractivity (Wildman–Crippen MR) is 84.3 cm³/mol. The average Bonchev–Trinajstić information content (AvgIpc) is 2.92. The van der Waals surface area contributed by atoms with Gasteiger partial charge in [-0.3, -0.25) is 4.68 Å². The van der Waals surface area contributed by atoms with Crippen LogP contribution in [0.1, 0.15) is 48.8 Å². The number of hydrogen-bond donors (Lipinski definition) is 1. The fourth-order valence-corrected chi connectivity index (χ4v) is 3.32. The molecule has 2 aromatic heterocycles. The number of aromatic nitrogens is 3. The van der Waals surface area contributed by atoms with Crippen LogP contribution in [0.4, 0.5) is 0 Å². The van der Waals surface area contributed by atoms with Crippen LogP contribution in [-0.4, -0.2) is 21.8 Å². The van der Waals surface area contributed by atoms with Crippen LogP contribution in [0.15, 0.2) is 11.6 Å². The Hall–Kier alpha value is -1.20. The molecule has 0 aliphatic carbocycles. The average molecular weight is 292 g/mol. The lowest BCUT2D eigenvalue weighted by Crippen LogP contribution is -2.19. The van der Waals surface area contributed by atoms with Crippen LogP contribution >= 0.6 is 11.3 Å². The molecule has 0 aromatic carbocycles. The van der Waals surface area contributed by atoms with E-state index in [1.54, 1.807) is 11.3 Å². The maximum Gasteiger partial charge on any atom is 0.0947 e. The van der Waals surface area contributed by atoms with Crippen molar-refractivity contribution in [3.8, 4) is 0 Å². The Morgan fingerprint density at radius 1 is 1.40 bits per heavy atom. The molecule has 110 valence electrons. The van der Waals surface area contributed by atoms with Gasteiger partial charge in [-0.2, -0.15) is 5.10 Å². The SMILES string of the molecule is CNC(Cc1nc(C(C)(C)C)cs1)c1cn(C)nc1C. The summed E-state index contributed by atoms with van der Waals surface area (Å²) in [7, 11) is 3.96. The molecule has 0 spiro atoms. The Labute approximate surface area is 125 Å². The molecular weight excluding hydrogens is 268 g/mol. The van der Waals surface area contributed by atoms with Gasteiger partial charge in [0.05, 0.1) is 16.4 Å². The van der Waals surface area contributed by atoms with E-state index in [2.05, 4.69) is 49.7 Å². The Balaban J connectivity index is 2.19. The molecule has 0 aliphatic rings. The van der Waals surface area contributed by atoms with Gasteiger partial charge in [-0.1, -0.05) is 20.8 Å².